The summed E-state index contributed by atoms with van der Waals surface area (Å²) in [4.78, 5) is 11.9. The molecule has 0 aliphatic carbocycles. The van der Waals surface area contributed by atoms with Gasteiger partial charge in [-0.15, -0.1) is 10.2 Å². The molecule has 2 aromatic rings. The minimum absolute atomic E-state index is 0.169. The number of hydrogen-bond donors (Lipinski definition) is 2. The van der Waals surface area contributed by atoms with Crippen molar-refractivity contribution in [1.29, 1.82) is 0 Å². The first kappa shape index (κ1) is 11.7. The number of aryl methyl sites for hydroxylation is 1. The van der Waals surface area contributed by atoms with Crippen molar-refractivity contribution in [3.8, 4) is 0 Å². The van der Waals surface area contributed by atoms with Crippen LogP contribution in [-0.2, 0) is 6.61 Å². The summed E-state index contributed by atoms with van der Waals surface area (Å²) in [5, 5.41) is 19.8. The number of hydrogen-bond acceptors (Lipinski definition) is 5. The molecule has 17 heavy (non-hydrogen) atoms. The summed E-state index contributed by atoms with van der Waals surface area (Å²) < 4.78 is 0. The van der Waals surface area contributed by atoms with Gasteiger partial charge in [0.15, 0.2) is 0 Å². The fourth-order valence-electron chi connectivity index (χ4n) is 1.36. The van der Waals surface area contributed by atoms with E-state index in [2.05, 4.69) is 15.5 Å². The van der Waals surface area contributed by atoms with E-state index >= 15 is 0 Å². The van der Waals surface area contributed by atoms with Crippen molar-refractivity contribution >= 4 is 22.4 Å². The molecule has 1 aromatic carbocycles. The van der Waals surface area contributed by atoms with Crippen LogP contribution in [0.1, 0.15) is 20.9 Å². The lowest BCUT2D eigenvalue weighted by Crippen LogP contribution is -2.12. The van der Waals surface area contributed by atoms with Gasteiger partial charge in [0.2, 0.25) is 5.13 Å². The number of aliphatic hydroxyl groups excluding tert-OH is 1. The SMILES string of the molecule is Cc1ccccc1C(=O)Nc1nnc(CO)s1. The molecule has 2 N–H and O–H groups in total. The molecule has 0 saturated heterocycles. The van der Waals surface area contributed by atoms with Crippen LogP contribution in [0.5, 0.6) is 0 Å². The highest BCUT2D eigenvalue weighted by atomic mass is 32.1. The predicted octanol–water partition coefficient (Wildman–Crippen LogP) is 1.59. The van der Waals surface area contributed by atoms with Crippen LogP contribution in [0.2, 0.25) is 0 Å². The van der Waals surface area contributed by atoms with Gasteiger partial charge < -0.3 is 5.11 Å². The molecule has 5 nitrogen and oxygen atoms in total. The lowest BCUT2D eigenvalue weighted by Gasteiger charge is -2.03. The Balaban J connectivity index is 2.14. The Morgan fingerprint density at radius 1 is 1.41 bits per heavy atom. The summed E-state index contributed by atoms with van der Waals surface area (Å²) in [5.41, 5.74) is 1.50. The van der Waals surface area contributed by atoms with Gasteiger partial charge in [-0.25, -0.2) is 0 Å². The van der Waals surface area contributed by atoms with E-state index in [4.69, 9.17) is 5.11 Å². The highest BCUT2D eigenvalue weighted by Gasteiger charge is 2.11. The summed E-state index contributed by atoms with van der Waals surface area (Å²) in [7, 11) is 0. The molecular formula is C11H11N3O2S. The minimum atomic E-state index is -0.219. The van der Waals surface area contributed by atoms with E-state index in [0.717, 1.165) is 16.9 Å². The second-order valence-electron chi connectivity index (χ2n) is 3.43. The summed E-state index contributed by atoms with van der Waals surface area (Å²) in [6.45, 7) is 1.70. The van der Waals surface area contributed by atoms with Crippen molar-refractivity contribution in [2.24, 2.45) is 0 Å². The lowest BCUT2D eigenvalue weighted by molar-refractivity contribution is 0.102. The molecule has 2 rings (SSSR count). The van der Waals surface area contributed by atoms with Crippen LogP contribution < -0.4 is 5.32 Å². The third-order valence-corrected chi connectivity index (χ3v) is 3.04. The monoisotopic (exact) mass is 249 g/mol. The van der Waals surface area contributed by atoms with Gasteiger partial charge in [-0.1, -0.05) is 29.5 Å². The number of amides is 1. The third kappa shape index (κ3) is 2.66. The molecule has 0 spiro atoms. The fraction of sp³-hybridized carbons (Fsp3) is 0.182. The highest BCUT2D eigenvalue weighted by Crippen LogP contribution is 2.16. The minimum Gasteiger partial charge on any atom is -0.389 e. The molecule has 0 radical (unpaired) electrons. The Hall–Kier alpha value is -1.79. The quantitative estimate of drug-likeness (QED) is 0.866. The van der Waals surface area contributed by atoms with E-state index < -0.39 is 0 Å². The largest absolute Gasteiger partial charge is 0.389 e. The molecule has 6 heteroatoms. The summed E-state index contributed by atoms with van der Waals surface area (Å²) in [5.74, 6) is -0.219. The van der Waals surface area contributed by atoms with Gasteiger partial charge in [-0.05, 0) is 18.6 Å². The van der Waals surface area contributed by atoms with Gasteiger partial charge in [0.25, 0.3) is 5.91 Å². The zero-order valence-electron chi connectivity index (χ0n) is 9.17. The van der Waals surface area contributed by atoms with E-state index in [0.29, 0.717) is 15.7 Å². The van der Waals surface area contributed by atoms with Crippen LogP contribution in [-0.4, -0.2) is 21.2 Å². The number of rotatable bonds is 3. The van der Waals surface area contributed by atoms with Gasteiger partial charge in [-0.3, -0.25) is 10.1 Å². The molecule has 1 heterocycles. The smallest absolute Gasteiger partial charge is 0.257 e. The second kappa shape index (κ2) is 5.03. The van der Waals surface area contributed by atoms with E-state index in [-0.39, 0.29) is 12.5 Å². The molecule has 0 saturated carbocycles. The van der Waals surface area contributed by atoms with Crippen molar-refractivity contribution in [1.82, 2.24) is 10.2 Å². The van der Waals surface area contributed by atoms with Gasteiger partial charge >= 0.3 is 0 Å². The van der Waals surface area contributed by atoms with Crippen molar-refractivity contribution in [3.63, 3.8) is 0 Å². The van der Waals surface area contributed by atoms with Crippen molar-refractivity contribution in [2.45, 2.75) is 13.5 Å². The Labute approximate surface area is 102 Å². The highest BCUT2D eigenvalue weighted by molar-refractivity contribution is 7.15. The van der Waals surface area contributed by atoms with Crippen LogP contribution in [0.15, 0.2) is 24.3 Å². The molecule has 0 atom stereocenters. The average molecular weight is 249 g/mol. The number of aromatic nitrogens is 2. The lowest BCUT2D eigenvalue weighted by atomic mass is 10.1. The number of carbonyl (C=O) groups is 1. The summed E-state index contributed by atoms with van der Waals surface area (Å²) >= 11 is 1.16. The molecule has 0 unspecified atom stereocenters. The first-order valence-corrected chi connectivity index (χ1v) is 5.82. The Morgan fingerprint density at radius 2 is 2.18 bits per heavy atom. The van der Waals surface area contributed by atoms with E-state index in [9.17, 15) is 4.79 Å². The number of anilines is 1. The zero-order valence-corrected chi connectivity index (χ0v) is 9.99. The third-order valence-electron chi connectivity index (χ3n) is 2.21. The number of nitrogens with one attached hydrogen (secondary N) is 1. The molecule has 0 bridgehead atoms. The number of benzene rings is 1. The van der Waals surface area contributed by atoms with Crippen molar-refractivity contribution in [2.75, 3.05) is 5.32 Å². The summed E-state index contributed by atoms with van der Waals surface area (Å²) in [6.07, 6.45) is 0. The van der Waals surface area contributed by atoms with Crippen LogP contribution in [0.4, 0.5) is 5.13 Å². The molecule has 1 amide bonds. The number of nitrogens with zero attached hydrogens (tertiary/aromatic N) is 2. The maximum atomic E-state index is 11.9. The maximum absolute atomic E-state index is 11.9. The van der Waals surface area contributed by atoms with Crippen LogP contribution in [0.25, 0.3) is 0 Å². The fourth-order valence-corrected chi connectivity index (χ4v) is 1.95. The van der Waals surface area contributed by atoms with Gasteiger partial charge in [-0.2, -0.15) is 0 Å². The predicted molar refractivity (Wildman–Crippen MR) is 65.0 cm³/mol. The Bertz CT molecular complexity index is 539. The van der Waals surface area contributed by atoms with Crippen LogP contribution >= 0.6 is 11.3 Å². The Morgan fingerprint density at radius 3 is 2.82 bits per heavy atom. The van der Waals surface area contributed by atoms with E-state index in [1.807, 2.05) is 19.1 Å². The normalized spacial score (nSPS) is 10.2. The standard InChI is InChI=1S/C11H11N3O2S/c1-7-4-2-3-5-8(7)10(16)12-11-14-13-9(6-15)17-11/h2-5,15H,6H2,1H3,(H,12,14,16). The second-order valence-corrected chi connectivity index (χ2v) is 4.49. The first-order valence-electron chi connectivity index (χ1n) is 5.01. The van der Waals surface area contributed by atoms with E-state index in [1.54, 1.807) is 12.1 Å². The topological polar surface area (TPSA) is 75.1 Å². The first-order chi connectivity index (χ1) is 8.20. The molecule has 0 aliphatic rings. The average Bonchev–Trinajstić information content (AvgIpc) is 2.77. The van der Waals surface area contributed by atoms with Gasteiger partial charge in [0, 0.05) is 5.56 Å². The van der Waals surface area contributed by atoms with Crippen molar-refractivity contribution < 1.29 is 9.90 Å². The molecule has 1 aromatic heterocycles. The molecular weight excluding hydrogens is 238 g/mol. The molecule has 0 fully saturated rings. The Kier molecular flexibility index (Phi) is 3.46. The van der Waals surface area contributed by atoms with Gasteiger partial charge in [0.05, 0.1) is 6.61 Å². The van der Waals surface area contributed by atoms with Crippen LogP contribution in [0, 0.1) is 6.92 Å². The molecule has 0 aliphatic heterocycles. The van der Waals surface area contributed by atoms with Gasteiger partial charge in [0.1, 0.15) is 5.01 Å². The number of carbonyl (C=O) groups excluding carboxylic acids is 1. The molecule has 88 valence electrons. The van der Waals surface area contributed by atoms with Crippen LogP contribution in [0.3, 0.4) is 0 Å². The van der Waals surface area contributed by atoms with Crippen molar-refractivity contribution in [3.05, 3.63) is 40.4 Å². The van der Waals surface area contributed by atoms with E-state index in [1.165, 1.54) is 0 Å². The zero-order chi connectivity index (χ0) is 12.3. The number of aliphatic hydroxyl groups is 1. The maximum Gasteiger partial charge on any atom is 0.257 e. The summed E-state index contributed by atoms with van der Waals surface area (Å²) in [6, 6.07) is 7.30.